The quantitative estimate of drug-likeness (QED) is 0.692. The summed E-state index contributed by atoms with van der Waals surface area (Å²) in [6, 6.07) is 10.3. The smallest absolute Gasteiger partial charge is 0.141 e. The Morgan fingerprint density at radius 3 is 2.65 bits per heavy atom. The van der Waals surface area contributed by atoms with E-state index >= 15 is 0 Å². The van der Waals surface area contributed by atoms with E-state index in [9.17, 15) is 10.2 Å². The number of benzene rings is 2. The van der Waals surface area contributed by atoms with E-state index in [1.807, 2.05) is 12.1 Å². The number of ether oxygens (including phenoxy) is 3. The SMILES string of the molecule is OCC1CC(O)CC(c2cc(Cc3ccc(OC4CCC4)cc3)c(Cl)c3c2CCO3)O1. The zero-order valence-electron chi connectivity index (χ0n) is 17.6. The lowest BCUT2D eigenvalue weighted by Crippen LogP contribution is -2.33. The van der Waals surface area contributed by atoms with Gasteiger partial charge in [0.1, 0.15) is 11.5 Å². The van der Waals surface area contributed by atoms with Gasteiger partial charge in [0, 0.05) is 24.8 Å². The number of halogens is 1. The van der Waals surface area contributed by atoms with Gasteiger partial charge in [-0.3, -0.25) is 0 Å². The van der Waals surface area contributed by atoms with Gasteiger partial charge in [0.05, 0.1) is 42.7 Å². The predicted molar refractivity (Wildman–Crippen MR) is 118 cm³/mol. The van der Waals surface area contributed by atoms with Crippen molar-refractivity contribution in [3.05, 3.63) is 57.6 Å². The second kappa shape index (κ2) is 8.99. The first-order valence-electron chi connectivity index (χ1n) is 11.3. The van der Waals surface area contributed by atoms with Gasteiger partial charge in [-0.1, -0.05) is 29.8 Å². The third-order valence-electron chi connectivity index (χ3n) is 6.63. The van der Waals surface area contributed by atoms with E-state index in [-0.39, 0.29) is 18.8 Å². The highest BCUT2D eigenvalue weighted by Gasteiger charge is 2.33. The van der Waals surface area contributed by atoms with Crippen LogP contribution in [0.4, 0.5) is 0 Å². The van der Waals surface area contributed by atoms with Gasteiger partial charge in [0.15, 0.2) is 0 Å². The van der Waals surface area contributed by atoms with Crippen molar-refractivity contribution in [2.75, 3.05) is 13.2 Å². The monoisotopic (exact) mass is 444 g/mol. The van der Waals surface area contributed by atoms with Gasteiger partial charge in [0.25, 0.3) is 0 Å². The van der Waals surface area contributed by atoms with Gasteiger partial charge < -0.3 is 24.4 Å². The highest BCUT2D eigenvalue weighted by Crippen LogP contribution is 2.44. The summed E-state index contributed by atoms with van der Waals surface area (Å²) < 4.78 is 17.9. The summed E-state index contributed by atoms with van der Waals surface area (Å²) in [5.74, 6) is 1.65. The van der Waals surface area contributed by atoms with Crippen LogP contribution in [0.25, 0.3) is 0 Å². The Bertz CT molecular complexity index is 924. The Kier molecular flexibility index (Phi) is 6.11. The summed E-state index contributed by atoms with van der Waals surface area (Å²) in [5, 5.41) is 20.5. The molecule has 31 heavy (non-hydrogen) atoms. The van der Waals surface area contributed by atoms with Crippen molar-refractivity contribution in [3.63, 3.8) is 0 Å². The highest BCUT2D eigenvalue weighted by atomic mass is 35.5. The lowest BCUT2D eigenvalue weighted by Gasteiger charge is -2.33. The van der Waals surface area contributed by atoms with Crippen LogP contribution in [0.15, 0.2) is 30.3 Å². The summed E-state index contributed by atoms with van der Waals surface area (Å²) >= 11 is 6.75. The number of aliphatic hydroxyl groups is 2. The summed E-state index contributed by atoms with van der Waals surface area (Å²) in [6.45, 7) is 0.499. The van der Waals surface area contributed by atoms with Crippen molar-refractivity contribution >= 4 is 11.6 Å². The fourth-order valence-corrected chi connectivity index (χ4v) is 5.01. The Morgan fingerprint density at radius 2 is 1.94 bits per heavy atom. The van der Waals surface area contributed by atoms with Crippen LogP contribution >= 0.6 is 11.6 Å². The second-order valence-corrected chi connectivity index (χ2v) is 9.27. The minimum Gasteiger partial charge on any atom is -0.491 e. The first kappa shape index (κ1) is 21.1. The van der Waals surface area contributed by atoms with Crippen LogP contribution < -0.4 is 9.47 Å². The van der Waals surface area contributed by atoms with Crippen LogP contribution in [0.1, 0.15) is 60.5 Å². The Morgan fingerprint density at radius 1 is 1.13 bits per heavy atom. The third-order valence-corrected chi connectivity index (χ3v) is 7.05. The van der Waals surface area contributed by atoms with Gasteiger partial charge in [-0.15, -0.1) is 0 Å². The third kappa shape index (κ3) is 4.42. The molecule has 1 saturated carbocycles. The van der Waals surface area contributed by atoms with Crippen LogP contribution in [0.5, 0.6) is 11.5 Å². The largest absolute Gasteiger partial charge is 0.491 e. The van der Waals surface area contributed by atoms with Crippen LogP contribution in [0.3, 0.4) is 0 Å². The maximum absolute atomic E-state index is 10.3. The van der Waals surface area contributed by atoms with Crippen molar-refractivity contribution in [1.29, 1.82) is 0 Å². The standard InChI is InChI=1S/C25H29ClO5/c26-24-16(10-15-4-6-19(7-5-15)30-18-2-1-3-18)11-22(21-8-9-29-25(21)24)23-13-17(28)12-20(14-27)31-23/h4-7,11,17-18,20,23,27-28H,1-3,8-10,12-14H2. The van der Waals surface area contributed by atoms with Crippen molar-refractivity contribution in [2.24, 2.45) is 0 Å². The molecule has 0 spiro atoms. The van der Waals surface area contributed by atoms with E-state index in [1.54, 1.807) is 0 Å². The molecular formula is C25H29ClO5. The summed E-state index contributed by atoms with van der Waals surface area (Å²) in [6.07, 6.45) is 5.21. The van der Waals surface area contributed by atoms with Crippen molar-refractivity contribution in [1.82, 2.24) is 0 Å². The topological polar surface area (TPSA) is 68.2 Å². The van der Waals surface area contributed by atoms with E-state index in [4.69, 9.17) is 25.8 Å². The molecule has 1 aliphatic carbocycles. The zero-order chi connectivity index (χ0) is 21.4. The minimum absolute atomic E-state index is 0.0953. The molecule has 166 valence electrons. The number of aliphatic hydroxyl groups excluding tert-OH is 2. The molecule has 0 bridgehead atoms. The summed E-state index contributed by atoms with van der Waals surface area (Å²) in [5.41, 5.74) is 4.21. The molecule has 0 amide bonds. The molecule has 2 aromatic carbocycles. The average molecular weight is 445 g/mol. The van der Waals surface area contributed by atoms with Crippen LogP contribution in [-0.4, -0.2) is 41.7 Å². The lowest BCUT2D eigenvalue weighted by molar-refractivity contribution is -0.114. The number of rotatable bonds is 6. The van der Waals surface area contributed by atoms with Crippen molar-refractivity contribution < 1.29 is 24.4 Å². The second-order valence-electron chi connectivity index (χ2n) is 8.89. The van der Waals surface area contributed by atoms with Gasteiger partial charge >= 0.3 is 0 Å². The van der Waals surface area contributed by atoms with Crippen LogP contribution in [0.2, 0.25) is 5.02 Å². The molecule has 2 aliphatic heterocycles. The molecule has 0 radical (unpaired) electrons. The first-order chi connectivity index (χ1) is 15.1. The first-order valence-corrected chi connectivity index (χ1v) is 11.7. The van der Waals surface area contributed by atoms with E-state index in [1.165, 1.54) is 6.42 Å². The zero-order valence-corrected chi connectivity index (χ0v) is 18.3. The molecule has 5 nitrogen and oxygen atoms in total. The highest BCUT2D eigenvalue weighted by molar-refractivity contribution is 6.33. The fourth-order valence-electron chi connectivity index (χ4n) is 4.72. The molecular weight excluding hydrogens is 416 g/mol. The maximum Gasteiger partial charge on any atom is 0.141 e. The number of hydrogen-bond donors (Lipinski definition) is 2. The molecule has 2 aromatic rings. The van der Waals surface area contributed by atoms with Gasteiger partial charge in [-0.2, -0.15) is 0 Å². The average Bonchev–Trinajstić information content (AvgIpc) is 3.23. The van der Waals surface area contributed by atoms with Crippen LogP contribution in [0, 0.1) is 0 Å². The van der Waals surface area contributed by atoms with E-state index in [0.717, 1.165) is 53.0 Å². The Labute approximate surface area is 187 Å². The molecule has 3 unspecified atom stereocenters. The minimum atomic E-state index is -0.490. The summed E-state index contributed by atoms with van der Waals surface area (Å²) in [7, 11) is 0. The molecule has 3 aliphatic rings. The van der Waals surface area contributed by atoms with Gasteiger partial charge in [-0.25, -0.2) is 0 Å². The predicted octanol–water partition coefficient (Wildman–Crippen LogP) is 4.37. The lowest BCUT2D eigenvalue weighted by atomic mass is 9.89. The Hall–Kier alpha value is -1.79. The Balaban J connectivity index is 1.40. The molecule has 5 rings (SSSR count). The van der Waals surface area contributed by atoms with E-state index < -0.39 is 6.10 Å². The molecule has 0 aromatic heterocycles. The van der Waals surface area contributed by atoms with Gasteiger partial charge in [-0.05, 0) is 54.5 Å². The molecule has 3 atom stereocenters. The van der Waals surface area contributed by atoms with E-state index in [0.29, 0.717) is 37.0 Å². The molecule has 6 heteroatoms. The molecule has 2 heterocycles. The van der Waals surface area contributed by atoms with Crippen molar-refractivity contribution in [2.45, 2.75) is 69.4 Å². The molecule has 1 saturated heterocycles. The summed E-state index contributed by atoms with van der Waals surface area (Å²) in [4.78, 5) is 0. The number of fused-ring (bicyclic) bond motifs is 1. The van der Waals surface area contributed by atoms with E-state index in [2.05, 4.69) is 18.2 Å². The maximum atomic E-state index is 10.3. The normalized spacial score (nSPS) is 25.6. The van der Waals surface area contributed by atoms with Gasteiger partial charge in [0.2, 0.25) is 0 Å². The fraction of sp³-hybridized carbons (Fsp3) is 0.520. The molecule has 2 fully saturated rings. The molecule has 2 N–H and O–H groups in total. The number of hydrogen-bond acceptors (Lipinski definition) is 5. The van der Waals surface area contributed by atoms with Crippen molar-refractivity contribution in [3.8, 4) is 11.5 Å². The van der Waals surface area contributed by atoms with Crippen LogP contribution in [-0.2, 0) is 17.6 Å².